The molecule has 0 aliphatic heterocycles. The van der Waals surface area contributed by atoms with Crippen molar-refractivity contribution in [3.8, 4) is 5.75 Å². The number of hydrogen-bond acceptors (Lipinski definition) is 2. The van der Waals surface area contributed by atoms with Crippen LogP contribution < -0.4 is 10.5 Å². The lowest BCUT2D eigenvalue weighted by atomic mass is 10.1. The van der Waals surface area contributed by atoms with Gasteiger partial charge < -0.3 is 10.5 Å². The SMILES string of the molecule is Br.COc1c(F)cccc1C(C)N. The lowest BCUT2D eigenvalue weighted by Crippen LogP contribution is -2.07. The summed E-state index contributed by atoms with van der Waals surface area (Å²) in [7, 11) is 1.43. The molecule has 1 atom stereocenters. The summed E-state index contributed by atoms with van der Waals surface area (Å²) in [5.41, 5.74) is 6.30. The van der Waals surface area contributed by atoms with Crippen molar-refractivity contribution in [2.24, 2.45) is 5.73 Å². The molecule has 0 aliphatic rings. The molecule has 2 N–H and O–H groups in total. The van der Waals surface area contributed by atoms with Crippen molar-refractivity contribution in [1.82, 2.24) is 0 Å². The Morgan fingerprint density at radius 1 is 1.46 bits per heavy atom. The highest BCUT2D eigenvalue weighted by Gasteiger charge is 2.10. The van der Waals surface area contributed by atoms with Gasteiger partial charge in [-0.25, -0.2) is 4.39 Å². The normalized spacial score (nSPS) is 11.7. The summed E-state index contributed by atoms with van der Waals surface area (Å²) in [6.45, 7) is 1.79. The van der Waals surface area contributed by atoms with Crippen molar-refractivity contribution >= 4 is 17.0 Å². The molecular weight excluding hydrogens is 237 g/mol. The summed E-state index contributed by atoms with van der Waals surface area (Å²) in [5.74, 6) is -0.125. The molecule has 0 spiro atoms. The van der Waals surface area contributed by atoms with E-state index in [1.165, 1.54) is 13.2 Å². The first kappa shape index (κ1) is 12.4. The van der Waals surface area contributed by atoms with E-state index < -0.39 is 0 Å². The van der Waals surface area contributed by atoms with Crippen LogP contribution in [0.5, 0.6) is 5.75 Å². The molecule has 1 aromatic rings. The van der Waals surface area contributed by atoms with Crippen LogP contribution in [0.25, 0.3) is 0 Å². The molecule has 1 rings (SSSR count). The molecule has 4 heteroatoms. The van der Waals surface area contributed by atoms with Crippen molar-refractivity contribution < 1.29 is 9.13 Å². The molecule has 0 amide bonds. The molecule has 0 saturated carbocycles. The third kappa shape index (κ3) is 2.67. The maximum absolute atomic E-state index is 13.0. The highest BCUT2D eigenvalue weighted by molar-refractivity contribution is 8.93. The Labute approximate surface area is 87.7 Å². The van der Waals surface area contributed by atoms with Gasteiger partial charge in [0.2, 0.25) is 0 Å². The minimum Gasteiger partial charge on any atom is -0.493 e. The van der Waals surface area contributed by atoms with Gasteiger partial charge in [-0.2, -0.15) is 0 Å². The molecule has 0 bridgehead atoms. The molecule has 13 heavy (non-hydrogen) atoms. The third-order valence-corrected chi connectivity index (χ3v) is 1.69. The minimum absolute atomic E-state index is 0. The molecule has 0 aromatic heterocycles. The van der Waals surface area contributed by atoms with Crippen LogP contribution >= 0.6 is 17.0 Å². The van der Waals surface area contributed by atoms with E-state index >= 15 is 0 Å². The van der Waals surface area contributed by atoms with Gasteiger partial charge in [-0.3, -0.25) is 0 Å². The van der Waals surface area contributed by atoms with E-state index in [0.717, 1.165) is 0 Å². The Morgan fingerprint density at radius 3 is 2.46 bits per heavy atom. The number of para-hydroxylation sites is 1. The number of benzene rings is 1. The van der Waals surface area contributed by atoms with Gasteiger partial charge in [0, 0.05) is 11.6 Å². The Hall–Kier alpha value is -0.610. The average molecular weight is 250 g/mol. The zero-order valence-electron chi connectivity index (χ0n) is 7.58. The van der Waals surface area contributed by atoms with Crippen LogP contribution in [-0.4, -0.2) is 7.11 Å². The molecule has 1 aromatic carbocycles. The molecule has 0 aliphatic carbocycles. The first-order chi connectivity index (χ1) is 5.66. The van der Waals surface area contributed by atoms with E-state index in [4.69, 9.17) is 10.5 Å². The molecular formula is C9H13BrFNO. The Kier molecular flexibility index (Phi) is 4.95. The van der Waals surface area contributed by atoms with E-state index in [1.807, 2.05) is 0 Å². The van der Waals surface area contributed by atoms with Gasteiger partial charge in [-0.15, -0.1) is 17.0 Å². The maximum atomic E-state index is 13.0. The molecule has 74 valence electrons. The molecule has 2 nitrogen and oxygen atoms in total. The Balaban J connectivity index is 0.00000144. The summed E-state index contributed by atoms with van der Waals surface area (Å²) >= 11 is 0. The smallest absolute Gasteiger partial charge is 0.165 e. The van der Waals surface area contributed by atoms with Gasteiger partial charge in [0.1, 0.15) is 0 Å². The summed E-state index contributed by atoms with van der Waals surface area (Å²) < 4.78 is 17.9. The Bertz CT molecular complexity index is 278. The van der Waals surface area contributed by atoms with E-state index in [1.54, 1.807) is 19.1 Å². The Morgan fingerprint density at radius 2 is 2.08 bits per heavy atom. The molecule has 0 heterocycles. The predicted molar refractivity (Wildman–Crippen MR) is 55.9 cm³/mol. The second kappa shape index (κ2) is 5.19. The van der Waals surface area contributed by atoms with Crippen molar-refractivity contribution in [3.63, 3.8) is 0 Å². The fourth-order valence-electron chi connectivity index (χ4n) is 1.10. The fourth-order valence-corrected chi connectivity index (χ4v) is 1.10. The molecule has 1 unspecified atom stereocenters. The van der Waals surface area contributed by atoms with Crippen LogP contribution in [0.3, 0.4) is 0 Å². The van der Waals surface area contributed by atoms with E-state index in [-0.39, 0.29) is 34.6 Å². The summed E-state index contributed by atoms with van der Waals surface area (Å²) in [5, 5.41) is 0. The third-order valence-electron chi connectivity index (χ3n) is 1.69. The van der Waals surface area contributed by atoms with Crippen molar-refractivity contribution in [2.45, 2.75) is 13.0 Å². The predicted octanol–water partition coefficient (Wildman–Crippen LogP) is 2.43. The fraction of sp³-hybridized carbons (Fsp3) is 0.333. The van der Waals surface area contributed by atoms with Gasteiger partial charge in [0.05, 0.1) is 7.11 Å². The highest BCUT2D eigenvalue weighted by atomic mass is 79.9. The number of methoxy groups -OCH3 is 1. The lowest BCUT2D eigenvalue weighted by molar-refractivity contribution is 0.379. The van der Waals surface area contributed by atoms with Crippen molar-refractivity contribution in [1.29, 1.82) is 0 Å². The lowest BCUT2D eigenvalue weighted by Gasteiger charge is -2.11. The summed E-state index contributed by atoms with van der Waals surface area (Å²) in [6, 6.07) is 4.52. The van der Waals surface area contributed by atoms with Gasteiger partial charge in [0.25, 0.3) is 0 Å². The highest BCUT2D eigenvalue weighted by Crippen LogP contribution is 2.26. The van der Waals surface area contributed by atoms with Gasteiger partial charge in [0.15, 0.2) is 11.6 Å². The number of rotatable bonds is 2. The van der Waals surface area contributed by atoms with Crippen LogP contribution in [0.4, 0.5) is 4.39 Å². The molecule has 0 saturated heterocycles. The minimum atomic E-state index is -0.368. The van der Waals surface area contributed by atoms with Crippen LogP contribution in [0, 0.1) is 5.82 Å². The molecule has 0 radical (unpaired) electrons. The van der Waals surface area contributed by atoms with Crippen LogP contribution in [0.2, 0.25) is 0 Å². The number of hydrogen-bond donors (Lipinski definition) is 1. The van der Waals surface area contributed by atoms with Crippen LogP contribution in [-0.2, 0) is 0 Å². The summed E-state index contributed by atoms with van der Waals surface area (Å²) in [4.78, 5) is 0. The standard InChI is InChI=1S/C9H12FNO.BrH/c1-6(11)7-4-3-5-8(10)9(7)12-2;/h3-6H,11H2,1-2H3;1H. The largest absolute Gasteiger partial charge is 0.493 e. The first-order valence-electron chi connectivity index (χ1n) is 3.74. The number of nitrogens with two attached hydrogens (primary N) is 1. The summed E-state index contributed by atoms with van der Waals surface area (Å²) in [6.07, 6.45) is 0. The zero-order valence-corrected chi connectivity index (χ0v) is 9.29. The number of halogens is 2. The quantitative estimate of drug-likeness (QED) is 0.874. The maximum Gasteiger partial charge on any atom is 0.165 e. The van der Waals surface area contributed by atoms with Crippen LogP contribution in [0.15, 0.2) is 18.2 Å². The topological polar surface area (TPSA) is 35.2 Å². The second-order valence-electron chi connectivity index (χ2n) is 2.65. The van der Waals surface area contributed by atoms with Gasteiger partial charge in [-0.1, -0.05) is 12.1 Å². The first-order valence-corrected chi connectivity index (χ1v) is 3.74. The van der Waals surface area contributed by atoms with Crippen molar-refractivity contribution in [3.05, 3.63) is 29.6 Å². The van der Waals surface area contributed by atoms with E-state index in [2.05, 4.69) is 0 Å². The second-order valence-corrected chi connectivity index (χ2v) is 2.65. The number of ether oxygens (including phenoxy) is 1. The monoisotopic (exact) mass is 249 g/mol. The van der Waals surface area contributed by atoms with E-state index in [9.17, 15) is 4.39 Å². The van der Waals surface area contributed by atoms with Gasteiger partial charge in [-0.05, 0) is 13.0 Å². The molecule has 0 fully saturated rings. The van der Waals surface area contributed by atoms with Gasteiger partial charge >= 0.3 is 0 Å². The average Bonchev–Trinajstić information content (AvgIpc) is 2.03. The van der Waals surface area contributed by atoms with Crippen LogP contribution in [0.1, 0.15) is 18.5 Å². The zero-order chi connectivity index (χ0) is 9.14. The van der Waals surface area contributed by atoms with E-state index in [0.29, 0.717) is 5.56 Å². The van der Waals surface area contributed by atoms with Crippen molar-refractivity contribution in [2.75, 3.05) is 7.11 Å².